The lowest BCUT2D eigenvalue weighted by Crippen LogP contribution is -2.38. The highest BCUT2D eigenvalue weighted by Gasteiger charge is 2.29. The van der Waals surface area contributed by atoms with Crippen molar-refractivity contribution in [3.05, 3.63) is 64.6 Å². The highest BCUT2D eigenvalue weighted by Crippen LogP contribution is 2.35. The first kappa shape index (κ1) is 25.9. The van der Waals surface area contributed by atoms with E-state index in [1.807, 2.05) is 0 Å². The van der Waals surface area contributed by atoms with Gasteiger partial charge in [-0.2, -0.15) is 9.97 Å². The van der Waals surface area contributed by atoms with E-state index in [-0.39, 0.29) is 0 Å². The van der Waals surface area contributed by atoms with Crippen molar-refractivity contribution in [3.63, 3.8) is 0 Å². The average molecular weight is 525 g/mol. The number of nitrogens with zero attached hydrogens (tertiary/aromatic N) is 6. The number of hydrogen-bond acceptors (Lipinski definition) is 6. The molecule has 1 aromatic heterocycles. The molecule has 2 atom stereocenters. The van der Waals surface area contributed by atoms with Crippen LogP contribution in [0.4, 0.5) is 11.5 Å². The normalized spacial score (nSPS) is 22.0. The minimum atomic E-state index is 0.402. The van der Waals surface area contributed by atoms with Gasteiger partial charge >= 0.3 is 6.01 Å². The summed E-state index contributed by atoms with van der Waals surface area (Å²) in [6.07, 6.45) is 6.61. The number of ether oxygens (including phenoxy) is 1. The average Bonchev–Trinajstić information content (AvgIpc) is 3.24. The minimum Gasteiger partial charge on any atom is -0.462 e. The molecule has 3 aliphatic rings. The summed E-state index contributed by atoms with van der Waals surface area (Å²) in [5.74, 6) is 1.44. The molecule has 39 heavy (non-hydrogen) atoms. The topological polar surface area (TPSA) is 49.1 Å². The van der Waals surface area contributed by atoms with Gasteiger partial charge in [-0.25, -0.2) is 6.57 Å². The van der Waals surface area contributed by atoms with Gasteiger partial charge in [0.2, 0.25) is 6.54 Å². The van der Waals surface area contributed by atoms with Crippen LogP contribution in [0.3, 0.4) is 0 Å². The van der Waals surface area contributed by atoms with Gasteiger partial charge in [0, 0.05) is 48.2 Å². The number of rotatable bonds is 6. The second-order valence-electron chi connectivity index (χ2n) is 11.6. The number of likely N-dealkylation sites (N-methyl/N-ethyl adjacent to an activating group) is 1. The van der Waals surface area contributed by atoms with E-state index in [4.69, 9.17) is 21.3 Å². The monoisotopic (exact) mass is 524 g/mol. The Labute approximate surface area is 232 Å². The third kappa shape index (κ3) is 5.40. The Kier molecular flexibility index (Phi) is 7.56. The summed E-state index contributed by atoms with van der Waals surface area (Å²) in [4.78, 5) is 21.2. The fourth-order valence-corrected chi connectivity index (χ4v) is 6.74. The maximum absolute atomic E-state index is 7.40. The maximum Gasteiger partial charge on any atom is 0.318 e. The number of benzene rings is 2. The lowest BCUT2D eigenvalue weighted by molar-refractivity contribution is 0.187. The van der Waals surface area contributed by atoms with Gasteiger partial charge in [-0.05, 0) is 76.1 Å². The molecule has 2 saturated heterocycles. The van der Waals surface area contributed by atoms with E-state index in [9.17, 15) is 0 Å². The molecule has 3 aromatic rings. The van der Waals surface area contributed by atoms with E-state index < -0.39 is 0 Å². The van der Waals surface area contributed by atoms with E-state index in [2.05, 4.69) is 69.9 Å². The van der Waals surface area contributed by atoms with Crippen LogP contribution in [0.25, 0.3) is 15.6 Å². The molecule has 0 radical (unpaired) electrons. The molecule has 3 aliphatic heterocycles. The number of likely N-dealkylation sites (tertiary alicyclic amines) is 1. The number of hydrogen-bond donors (Lipinski definition) is 0. The van der Waals surface area contributed by atoms with Crippen LogP contribution in [0.15, 0.2) is 36.4 Å². The highest BCUT2D eigenvalue weighted by atomic mass is 16.5. The third-order valence-corrected chi connectivity index (χ3v) is 8.95. The Balaban J connectivity index is 1.35. The molecular weight excluding hydrogens is 484 g/mol. The summed E-state index contributed by atoms with van der Waals surface area (Å²) in [7, 11) is 2.18. The molecule has 6 rings (SSSR count). The van der Waals surface area contributed by atoms with Gasteiger partial charge in [-0.1, -0.05) is 30.3 Å². The Hall–Kier alpha value is -3.37. The predicted octanol–water partition coefficient (Wildman–Crippen LogP) is 5.50. The molecule has 0 saturated carbocycles. The van der Waals surface area contributed by atoms with Crippen molar-refractivity contribution >= 4 is 22.3 Å². The Bertz CT molecular complexity index is 1370. The van der Waals surface area contributed by atoms with Gasteiger partial charge in [0.25, 0.3) is 0 Å². The quantitative estimate of drug-likeness (QED) is 0.397. The van der Waals surface area contributed by atoms with Crippen LogP contribution < -0.4 is 14.5 Å². The fourth-order valence-electron chi connectivity index (χ4n) is 6.74. The Morgan fingerprint density at radius 3 is 2.64 bits per heavy atom. The van der Waals surface area contributed by atoms with E-state index >= 15 is 0 Å². The number of fused-ring (bicyclic) bond motifs is 2. The lowest BCUT2D eigenvalue weighted by Gasteiger charge is -2.33. The SMILES string of the molecule is [C-]#[N+]C[C@@H]1CCCN(c2nc(OC[C@@H]3CCCN3C)nc3c2CCCN(c2cccc4c(C)cccc24)C3)C1. The zero-order valence-corrected chi connectivity index (χ0v) is 23.4. The summed E-state index contributed by atoms with van der Waals surface area (Å²) in [5, 5.41) is 2.61. The molecule has 0 aliphatic carbocycles. The Morgan fingerprint density at radius 1 is 0.974 bits per heavy atom. The first-order valence-electron chi connectivity index (χ1n) is 14.6. The van der Waals surface area contributed by atoms with Crippen molar-refractivity contribution in [2.24, 2.45) is 5.92 Å². The molecule has 4 heterocycles. The molecule has 0 unspecified atom stereocenters. The van der Waals surface area contributed by atoms with Crippen molar-refractivity contribution in [2.75, 3.05) is 56.2 Å². The smallest absolute Gasteiger partial charge is 0.318 e. The number of anilines is 2. The molecule has 7 heteroatoms. The summed E-state index contributed by atoms with van der Waals surface area (Å²) in [6, 6.07) is 14.2. The van der Waals surface area contributed by atoms with Crippen LogP contribution >= 0.6 is 0 Å². The van der Waals surface area contributed by atoms with Crippen molar-refractivity contribution in [2.45, 2.75) is 58.0 Å². The van der Waals surface area contributed by atoms with Gasteiger partial charge < -0.3 is 24.3 Å². The zero-order valence-electron chi connectivity index (χ0n) is 23.4. The van der Waals surface area contributed by atoms with Crippen molar-refractivity contribution in [1.29, 1.82) is 0 Å². The Morgan fingerprint density at radius 2 is 1.79 bits per heavy atom. The molecule has 204 valence electrons. The first-order valence-corrected chi connectivity index (χ1v) is 14.6. The van der Waals surface area contributed by atoms with Gasteiger partial charge in [-0.3, -0.25) is 0 Å². The van der Waals surface area contributed by atoms with Gasteiger partial charge in [0.1, 0.15) is 12.4 Å². The molecule has 0 spiro atoms. The predicted molar refractivity (Wildman–Crippen MR) is 158 cm³/mol. The maximum atomic E-state index is 7.40. The van der Waals surface area contributed by atoms with E-state index in [0.717, 1.165) is 76.3 Å². The van der Waals surface area contributed by atoms with E-state index in [1.54, 1.807) is 0 Å². The molecule has 0 N–H and O–H groups in total. The fraction of sp³-hybridized carbons (Fsp3) is 0.531. The van der Waals surface area contributed by atoms with Crippen LogP contribution in [0, 0.1) is 19.4 Å². The highest BCUT2D eigenvalue weighted by molar-refractivity contribution is 5.96. The lowest BCUT2D eigenvalue weighted by atomic mass is 9.97. The largest absolute Gasteiger partial charge is 0.462 e. The van der Waals surface area contributed by atoms with Crippen LogP contribution in [-0.4, -0.2) is 67.3 Å². The standard InChI is InChI=1S/C32H40N6O/c1-23-9-4-13-27-26(23)12-5-15-30(27)37-17-8-14-28-29(21-37)34-32(39-22-25-11-7-16-36(25)3)35-31(28)38-18-6-10-24(20-38)19-33-2/h4-5,9,12-13,15,24-25H,6-8,10-11,14,16-22H2,1,3H3/t24-,25-/m0/s1. The molecule has 0 bridgehead atoms. The van der Waals surface area contributed by atoms with Crippen molar-refractivity contribution in [1.82, 2.24) is 14.9 Å². The van der Waals surface area contributed by atoms with Crippen LogP contribution in [0.1, 0.15) is 48.9 Å². The van der Waals surface area contributed by atoms with Gasteiger partial charge in [0.05, 0.1) is 12.2 Å². The number of piperidine rings is 1. The van der Waals surface area contributed by atoms with Crippen LogP contribution in [0.5, 0.6) is 6.01 Å². The number of aryl methyl sites for hydroxylation is 1. The van der Waals surface area contributed by atoms with Crippen LogP contribution in [0.2, 0.25) is 0 Å². The van der Waals surface area contributed by atoms with Gasteiger partial charge in [-0.15, -0.1) is 0 Å². The van der Waals surface area contributed by atoms with Crippen molar-refractivity contribution < 1.29 is 4.74 Å². The minimum absolute atomic E-state index is 0.402. The molecular formula is C32H40N6O. The van der Waals surface area contributed by atoms with E-state index in [1.165, 1.54) is 34.0 Å². The van der Waals surface area contributed by atoms with Crippen molar-refractivity contribution in [3.8, 4) is 6.01 Å². The third-order valence-electron chi connectivity index (χ3n) is 8.95. The molecule has 7 nitrogen and oxygen atoms in total. The van der Waals surface area contributed by atoms with E-state index in [0.29, 0.717) is 31.1 Å². The molecule has 0 amide bonds. The summed E-state index contributed by atoms with van der Waals surface area (Å²) in [6.45, 7) is 15.5. The zero-order chi connectivity index (χ0) is 26.8. The summed E-state index contributed by atoms with van der Waals surface area (Å²) < 4.78 is 6.34. The van der Waals surface area contributed by atoms with Crippen LogP contribution in [-0.2, 0) is 13.0 Å². The molecule has 2 aromatic carbocycles. The van der Waals surface area contributed by atoms with Gasteiger partial charge in [0.15, 0.2) is 0 Å². The second-order valence-corrected chi connectivity index (χ2v) is 11.6. The molecule has 2 fully saturated rings. The first-order chi connectivity index (χ1) is 19.1. The second kappa shape index (κ2) is 11.4. The summed E-state index contributed by atoms with van der Waals surface area (Å²) in [5.41, 5.74) is 4.93. The number of aromatic nitrogens is 2. The summed E-state index contributed by atoms with van der Waals surface area (Å²) >= 11 is 0.